The molecule has 1 aromatic carbocycles. The van der Waals surface area contributed by atoms with E-state index in [4.69, 9.17) is 10.5 Å². The standard InChI is InChI=1S/C14H20F3NO3.ClH/c1-4-8(2)13(19)12(18)10-6-5-9(7-11(10)20-3)21-14(15,16)17;/h5-8,12-13,19H,4,18H2,1-3H3;1H/t8?,12-,13+;/m1./s1. The van der Waals surface area contributed by atoms with E-state index in [2.05, 4.69) is 4.74 Å². The molecule has 0 fully saturated rings. The molecule has 8 heteroatoms. The molecule has 0 bridgehead atoms. The topological polar surface area (TPSA) is 64.7 Å². The molecule has 0 amide bonds. The molecule has 4 nitrogen and oxygen atoms in total. The van der Waals surface area contributed by atoms with Crippen LogP contribution in [0.25, 0.3) is 0 Å². The highest BCUT2D eigenvalue weighted by molar-refractivity contribution is 5.85. The monoisotopic (exact) mass is 343 g/mol. The summed E-state index contributed by atoms with van der Waals surface area (Å²) >= 11 is 0. The quantitative estimate of drug-likeness (QED) is 0.830. The van der Waals surface area contributed by atoms with Gasteiger partial charge in [-0.25, -0.2) is 0 Å². The van der Waals surface area contributed by atoms with Crippen LogP contribution in [0.4, 0.5) is 13.2 Å². The van der Waals surface area contributed by atoms with E-state index in [9.17, 15) is 18.3 Å². The molecular weight excluding hydrogens is 323 g/mol. The number of halogens is 4. The second-order valence-electron chi connectivity index (χ2n) is 4.85. The van der Waals surface area contributed by atoms with Gasteiger partial charge in [0, 0.05) is 11.6 Å². The fourth-order valence-corrected chi connectivity index (χ4v) is 1.94. The third-order valence-electron chi connectivity index (χ3n) is 3.39. The van der Waals surface area contributed by atoms with Gasteiger partial charge in [0.2, 0.25) is 0 Å². The van der Waals surface area contributed by atoms with Crippen LogP contribution in [-0.4, -0.2) is 24.7 Å². The summed E-state index contributed by atoms with van der Waals surface area (Å²) in [6, 6.07) is 2.87. The van der Waals surface area contributed by atoms with Crippen LogP contribution < -0.4 is 15.2 Å². The zero-order chi connectivity index (χ0) is 16.2. The van der Waals surface area contributed by atoms with Crippen molar-refractivity contribution in [2.45, 2.75) is 38.8 Å². The molecule has 0 saturated heterocycles. The molecular formula is C14H21ClF3NO3. The van der Waals surface area contributed by atoms with Gasteiger partial charge in [0.15, 0.2) is 0 Å². The summed E-state index contributed by atoms with van der Waals surface area (Å²) < 4.78 is 45.4. The summed E-state index contributed by atoms with van der Waals surface area (Å²) in [5.74, 6) is -0.296. The van der Waals surface area contributed by atoms with Crippen molar-refractivity contribution in [3.05, 3.63) is 23.8 Å². The first-order chi connectivity index (χ1) is 9.69. The third kappa shape index (κ3) is 5.55. The number of aliphatic hydroxyl groups is 1. The normalized spacial score (nSPS) is 15.5. The van der Waals surface area contributed by atoms with Crippen LogP contribution in [0.15, 0.2) is 18.2 Å². The van der Waals surface area contributed by atoms with Gasteiger partial charge in [0.25, 0.3) is 0 Å². The molecule has 3 atom stereocenters. The van der Waals surface area contributed by atoms with Crippen LogP contribution in [0.1, 0.15) is 31.9 Å². The summed E-state index contributed by atoms with van der Waals surface area (Å²) in [4.78, 5) is 0. The van der Waals surface area contributed by atoms with Crippen molar-refractivity contribution in [3.8, 4) is 11.5 Å². The molecule has 1 aromatic rings. The number of aliphatic hydroxyl groups excluding tert-OH is 1. The lowest BCUT2D eigenvalue weighted by Crippen LogP contribution is -2.31. The SMILES string of the molecule is CCC(C)[C@H](O)[C@H](N)c1ccc(OC(F)(F)F)cc1OC.Cl. The Hall–Kier alpha value is -1.18. The molecule has 1 unspecified atom stereocenters. The van der Waals surface area contributed by atoms with Gasteiger partial charge in [-0.2, -0.15) is 0 Å². The Kier molecular flexibility index (Phi) is 8.00. The van der Waals surface area contributed by atoms with Crippen LogP contribution >= 0.6 is 12.4 Å². The number of benzene rings is 1. The number of hydrogen-bond donors (Lipinski definition) is 2. The second-order valence-corrected chi connectivity index (χ2v) is 4.85. The van der Waals surface area contributed by atoms with Crippen molar-refractivity contribution >= 4 is 12.4 Å². The lowest BCUT2D eigenvalue weighted by Gasteiger charge is -2.25. The predicted octanol–water partition coefficient (Wildman–Crippen LogP) is 3.42. The molecule has 0 spiro atoms. The maximum Gasteiger partial charge on any atom is 0.573 e. The molecule has 22 heavy (non-hydrogen) atoms. The fraction of sp³-hybridized carbons (Fsp3) is 0.571. The van der Waals surface area contributed by atoms with Crippen LogP contribution in [0.2, 0.25) is 0 Å². The molecule has 0 aliphatic rings. The number of alkyl halides is 3. The average molecular weight is 344 g/mol. The molecule has 0 radical (unpaired) electrons. The Morgan fingerprint density at radius 3 is 2.36 bits per heavy atom. The first kappa shape index (κ1) is 20.8. The average Bonchev–Trinajstić information content (AvgIpc) is 2.42. The van der Waals surface area contributed by atoms with Crippen molar-refractivity contribution in [2.75, 3.05) is 7.11 Å². The minimum Gasteiger partial charge on any atom is -0.496 e. The summed E-state index contributed by atoms with van der Waals surface area (Å²) in [5, 5.41) is 10.1. The maximum atomic E-state index is 12.2. The smallest absolute Gasteiger partial charge is 0.496 e. The van der Waals surface area contributed by atoms with Crippen LogP contribution in [0.5, 0.6) is 11.5 Å². The fourth-order valence-electron chi connectivity index (χ4n) is 1.94. The van der Waals surface area contributed by atoms with E-state index in [-0.39, 0.29) is 24.1 Å². The summed E-state index contributed by atoms with van der Waals surface area (Å²) in [6.07, 6.45) is -4.87. The Labute approximate surface area is 133 Å². The molecule has 3 N–H and O–H groups in total. The van der Waals surface area contributed by atoms with Gasteiger partial charge in [0.1, 0.15) is 11.5 Å². The number of hydrogen-bond acceptors (Lipinski definition) is 4. The summed E-state index contributed by atoms with van der Waals surface area (Å²) in [5.41, 5.74) is 6.41. The zero-order valence-electron chi connectivity index (χ0n) is 12.6. The van der Waals surface area contributed by atoms with Gasteiger partial charge >= 0.3 is 6.36 Å². The zero-order valence-corrected chi connectivity index (χ0v) is 13.4. The largest absolute Gasteiger partial charge is 0.573 e. The van der Waals surface area contributed by atoms with E-state index in [1.807, 2.05) is 13.8 Å². The molecule has 0 aliphatic carbocycles. The van der Waals surface area contributed by atoms with Gasteiger partial charge in [-0.3, -0.25) is 0 Å². The van der Waals surface area contributed by atoms with E-state index in [1.54, 1.807) is 0 Å². The summed E-state index contributed by atoms with van der Waals surface area (Å²) in [6.45, 7) is 3.76. The number of rotatable bonds is 6. The van der Waals surface area contributed by atoms with Gasteiger partial charge < -0.3 is 20.3 Å². The van der Waals surface area contributed by atoms with Crippen molar-refractivity contribution < 1.29 is 27.8 Å². The van der Waals surface area contributed by atoms with Gasteiger partial charge in [-0.1, -0.05) is 20.3 Å². The minimum atomic E-state index is -4.77. The van der Waals surface area contributed by atoms with E-state index in [1.165, 1.54) is 13.2 Å². The first-order valence-corrected chi connectivity index (χ1v) is 6.57. The molecule has 0 aromatic heterocycles. The van der Waals surface area contributed by atoms with Crippen LogP contribution in [0.3, 0.4) is 0 Å². The maximum absolute atomic E-state index is 12.2. The summed E-state index contributed by atoms with van der Waals surface area (Å²) in [7, 11) is 1.32. The van der Waals surface area contributed by atoms with Crippen molar-refractivity contribution in [1.82, 2.24) is 0 Å². The molecule has 128 valence electrons. The van der Waals surface area contributed by atoms with E-state index in [0.29, 0.717) is 5.56 Å². The Bertz CT molecular complexity index is 471. The van der Waals surface area contributed by atoms with Gasteiger partial charge in [-0.05, 0) is 18.1 Å². The van der Waals surface area contributed by atoms with Crippen molar-refractivity contribution in [2.24, 2.45) is 11.7 Å². The highest BCUT2D eigenvalue weighted by atomic mass is 35.5. The lowest BCUT2D eigenvalue weighted by atomic mass is 9.91. The van der Waals surface area contributed by atoms with Crippen LogP contribution in [-0.2, 0) is 0 Å². The van der Waals surface area contributed by atoms with Crippen molar-refractivity contribution in [3.63, 3.8) is 0 Å². The van der Waals surface area contributed by atoms with E-state index in [0.717, 1.165) is 18.6 Å². The molecule has 1 rings (SSSR count). The number of ether oxygens (including phenoxy) is 2. The van der Waals surface area contributed by atoms with E-state index < -0.39 is 24.3 Å². The highest BCUT2D eigenvalue weighted by Crippen LogP contribution is 2.33. The first-order valence-electron chi connectivity index (χ1n) is 6.57. The Balaban J connectivity index is 0.00000441. The number of methoxy groups -OCH3 is 1. The Morgan fingerprint density at radius 2 is 1.91 bits per heavy atom. The van der Waals surface area contributed by atoms with Gasteiger partial charge in [0.05, 0.1) is 19.3 Å². The second kappa shape index (κ2) is 8.45. The lowest BCUT2D eigenvalue weighted by molar-refractivity contribution is -0.274. The molecule has 0 saturated carbocycles. The minimum absolute atomic E-state index is 0. The number of nitrogens with two attached hydrogens (primary N) is 1. The Morgan fingerprint density at radius 1 is 1.32 bits per heavy atom. The van der Waals surface area contributed by atoms with Crippen LogP contribution in [0, 0.1) is 5.92 Å². The highest BCUT2D eigenvalue weighted by Gasteiger charge is 2.32. The third-order valence-corrected chi connectivity index (χ3v) is 3.39. The predicted molar refractivity (Wildman–Crippen MR) is 79.3 cm³/mol. The molecule has 0 heterocycles. The van der Waals surface area contributed by atoms with E-state index >= 15 is 0 Å². The van der Waals surface area contributed by atoms with Crippen molar-refractivity contribution in [1.29, 1.82) is 0 Å². The van der Waals surface area contributed by atoms with Gasteiger partial charge in [-0.15, -0.1) is 25.6 Å². The molecule has 0 aliphatic heterocycles.